The van der Waals surface area contributed by atoms with E-state index in [-0.39, 0.29) is 29.6 Å². The molecular weight excluding hydrogens is 372 g/mol. The van der Waals surface area contributed by atoms with Crippen LogP contribution in [-0.4, -0.2) is 64.5 Å². The Morgan fingerprint density at radius 3 is 2.59 bits per heavy atom. The maximum atomic E-state index is 13.4. The second kappa shape index (κ2) is 6.88. The van der Waals surface area contributed by atoms with Crippen LogP contribution in [0.1, 0.15) is 34.8 Å². The summed E-state index contributed by atoms with van der Waals surface area (Å²) in [7, 11) is 1.67. The van der Waals surface area contributed by atoms with Crippen LogP contribution in [0.25, 0.3) is 0 Å². The van der Waals surface area contributed by atoms with E-state index in [4.69, 9.17) is 4.74 Å². The zero-order valence-corrected chi connectivity index (χ0v) is 16.3. The summed E-state index contributed by atoms with van der Waals surface area (Å²) in [6.07, 6.45) is 2.13. The molecule has 6 rings (SSSR count). The Labute approximate surface area is 167 Å². The van der Waals surface area contributed by atoms with E-state index in [2.05, 4.69) is 20.9 Å². The minimum Gasteiger partial charge on any atom is -0.496 e. The number of ether oxygens (including phenoxy) is 1. The number of methoxy groups -OCH3 is 1. The molecule has 0 radical (unpaired) electrons. The number of likely N-dealkylation sites (tertiary alicyclic amines) is 1. The number of nitrogens with one attached hydrogen (secondary N) is 2. The third-order valence-corrected chi connectivity index (χ3v) is 6.78. The van der Waals surface area contributed by atoms with Crippen molar-refractivity contribution in [3.8, 4) is 5.75 Å². The lowest BCUT2D eigenvalue weighted by molar-refractivity contribution is -0.00369. The number of amides is 1. The molecule has 4 aliphatic heterocycles. The van der Waals surface area contributed by atoms with Crippen molar-refractivity contribution in [2.24, 2.45) is 5.92 Å². The summed E-state index contributed by atoms with van der Waals surface area (Å²) in [5.74, 6) is 1.10. The van der Waals surface area contributed by atoms with Crippen molar-refractivity contribution in [2.45, 2.75) is 30.8 Å². The van der Waals surface area contributed by atoms with Gasteiger partial charge in [0, 0.05) is 30.1 Å². The Kier molecular flexibility index (Phi) is 4.31. The van der Waals surface area contributed by atoms with Gasteiger partial charge < -0.3 is 14.6 Å². The third kappa shape index (κ3) is 2.90. The third-order valence-electron chi connectivity index (χ3n) is 6.78. The predicted molar refractivity (Wildman–Crippen MR) is 106 cm³/mol. The summed E-state index contributed by atoms with van der Waals surface area (Å²) in [5.41, 5.74) is -0.0725. The number of aromatic amines is 2. The van der Waals surface area contributed by atoms with Crippen molar-refractivity contribution in [1.29, 1.82) is 0 Å². The van der Waals surface area contributed by atoms with Crippen molar-refractivity contribution in [2.75, 3.05) is 26.7 Å². The first-order valence-corrected chi connectivity index (χ1v) is 10.1. The number of fused-ring (bicyclic) bond motifs is 2. The highest BCUT2D eigenvalue weighted by atomic mass is 16.5. The Morgan fingerprint density at radius 2 is 1.86 bits per heavy atom. The number of rotatable bonds is 3. The molecular formula is C21H24N4O4. The molecule has 152 valence electrons. The van der Waals surface area contributed by atoms with Crippen LogP contribution < -0.4 is 16.0 Å². The van der Waals surface area contributed by atoms with Crippen LogP contribution >= 0.6 is 0 Å². The Hall–Kier alpha value is -2.87. The molecule has 0 unspecified atom stereocenters. The van der Waals surface area contributed by atoms with Crippen LogP contribution in [0.5, 0.6) is 5.75 Å². The van der Waals surface area contributed by atoms with Gasteiger partial charge >= 0.3 is 5.69 Å². The number of piperidine rings is 3. The van der Waals surface area contributed by atoms with Gasteiger partial charge in [-0.25, -0.2) is 4.79 Å². The van der Waals surface area contributed by atoms with Gasteiger partial charge in [0.05, 0.1) is 13.2 Å². The van der Waals surface area contributed by atoms with Crippen LogP contribution in [0.3, 0.4) is 0 Å². The predicted octanol–water partition coefficient (Wildman–Crippen LogP) is 0.774. The molecule has 2 bridgehead atoms. The fourth-order valence-electron chi connectivity index (χ4n) is 5.64. The molecule has 0 saturated carbocycles. The fourth-order valence-corrected chi connectivity index (χ4v) is 5.64. The summed E-state index contributed by atoms with van der Waals surface area (Å²) in [6, 6.07) is 9.45. The highest BCUT2D eigenvalue weighted by Crippen LogP contribution is 2.48. The number of nitrogens with zero attached hydrogens (tertiary/aromatic N) is 2. The fraction of sp³-hybridized carbons (Fsp3) is 0.476. The molecule has 2 N–H and O–H groups in total. The van der Waals surface area contributed by atoms with Gasteiger partial charge in [-0.05, 0) is 37.9 Å². The van der Waals surface area contributed by atoms with E-state index >= 15 is 0 Å². The van der Waals surface area contributed by atoms with Gasteiger partial charge in [-0.2, -0.15) is 0 Å². The number of hydrogen-bond acceptors (Lipinski definition) is 5. The Balaban J connectivity index is 1.57. The smallest absolute Gasteiger partial charge is 0.326 e. The summed E-state index contributed by atoms with van der Waals surface area (Å²) in [5, 5.41) is 0. The van der Waals surface area contributed by atoms with E-state index < -0.39 is 11.2 Å². The van der Waals surface area contributed by atoms with Crippen molar-refractivity contribution in [3.63, 3.8) is 0 Å². The Bertz CT molecular complexity index is 1020. The second-order valence-electron chi connectivity index (χ2n) is 8.16. The van der Waals surface area contributed by atoms with E-state index in [1.807, 2.05) is 23.1 Å². The van der Waals surface area contributed by atoms with Crippen LogP contribution in [-0.2, 0) is 0 Å². The molecule has 4 saturated heterocycles. The molecule has 8 nitrogen and oxygen atoms in total. The molecule has 1 aromatic heterocycles. The molecule has 0 spiro atoms. The lowest BCUT2D eigenvalue weighted by Crippen LogP contribution is -2.60. The maximum absolute atomic E-state index is 13.4. The van der Waals surface area contributed by atoms with E-state index in [1.165, 1.54) is 6.07 Å². The van der Waals surface area contributed by atoms with E-state index in [0.29, 0.717) is 12.5 Å². The van der Waals surface area contributed by atoms with Gasteiger partial charge in [-0.1, -0.05) is 18.2 Å². The molecule has 4 fully saturated rings. The molecule has 1 aromatic carbocycles. The number of para-hydroxylation sites is 1. The van der Waals surface area contributed by atoms with Crippen molar-refractivity contribution < 1.29 is 9.53 Å². The monoisotopic (exact) mass is 396 g/mol. The highest BCUT2D eigenvalue weighted by Gasteiger charge is 2.55. The van der Waals surface area contributed by atoms with E-state index in [1.54, 1.807) is 7.11 Å². The summed E-state index contributed by atoms with van der Waals surface area (Å²) < 4.78 is 5.61. The second-order valence-corrected chi connectivity index (χ2v) is 8.16. The van der Waals surface area contributed by atoms with Crippen molar-refractivity contribution in [1.82, 2.24) is 19.8 Å². The first-order chi connectivity index (χ1) is 14.1. The molecule has 1 amide bonds. The SMILES string of the molecule is COc1ccccc1[C@@H]1CN(C(=O)c2cc(=O)[nH]c(=O)[nH]2)[C@@H]2C3CCN(CC3)[C@@H]21. The van der Waals surface area contributed by atoms with Gasteiger partial charge in [0.2, 0.25) is 0 Å². The average molecular weight is 396 g/mol. The van der Waals surface area contributed by atoms with Gasteiger partial charge in [0.25, 0.3) is 11.5 Å². The lowest BCUT2D eigenvalue weighted by Gasteiger charge is -2.51. The molecule has 29 heavy (non-hydrogen) atoms. The van der Waals surface area contributed by atoms with Crippen molar-refractivity contribution in [3.05, 3.63) is 62.4 Å². The molecule has 2 aromatic rings. The minimum absolute atomic E-state index is 0.0506. The molecule has 3 atom stereocenters. The molecule has 8 heteroatoms. The topological polar surface area (TPSA) is 98.5 Å². The Morgan fingerprint density at radius 1 is 1.10 bits per heavy atom. The maximum Gasteiger partial charge on any atom is 0.326 e. The lowest BCUT2D eigenvalue weighted by atomic mass is 9.75. The first kappa shape index (κ1) is 18.2. The zero-order valence-electron chi connectivity index (χ0n) is 16.3. The normalized spacial score (nSPS) is 30.2. The van der Waals surface area contributed by atoms with Crippen LogP contribution in [0.15, 0.2) is 39.9 Å². The van der Waals surface area contributed by atoms with Gasteiger partial charge in [-0.15, -0.1) is 0 Å². The summed E-state index contributed by atoms with van der Waals surface area (Å²) in [6.45, 7) is 2.62. The number of hydrogen-bond donors (Lipinski definition) is 2. The average Bonchev–Trinajstić information content (AvgIpc) is 3.16. The summed E-state index contributed by atoms with van der Waals surface area (Å²) >= 11 is 0. The van der Waals surface area contributed by atoms with Gasteiger partial charge in [0.15, 0.2) is 0 Å². The first-order valence-electron chi connectivity index (χ1n) is 10.1. The summed E-state index contributed by atoms with van der Waals surface area (Å²) in [4.78, 5) is 45.8. The largest absolute Gasteiger partial charge is 0.496 e. The van der Waals surface area contributed by atoms with Crippen LogP contribution in [0.2, 0.25) is 0 Å². The van der Waals surface area contributed by atoms with E-state index in [0.717, 1.165) is 37.2 Å². The molecule has 5 heterocycles. The standard InChI is InChI=1S/C21H24N4O4/c1-29-16-5-3-2-4-13(16)14-11-25(18-12-6-8-24(9-7-12)19(14)18)20(27)15-10-17(26)23-21(28)22-15/h2-5,10,12,14,18-19H,6-9,11H2,1H3,(H2,22,23,26,28)/t14-,18+,19+/m0/s1. The minimum atomic E-state index is -0.660. The van der Waals surface area contributed by atoms with Gasteiger partial charge in [0.1, 0.15) is 11.4 Å². The van der Waals surface area contributed by atoms with Crippen LogP contribution in [0, 0.1) is 5.92 Å². The van der Waals surface area contributed by atoms with Gasteiger partial charge in [-0.3, -0.25) is 19.5 Å². The zero-order chi connectivity index (χ0) is 20.1. The van der Waals surface area contributed by atoms with E-state index in [9.17, 15) is 14.4 Å². The quantitative estimate of drug-likeness (QED) is 0.799. The number of H-pyrrole nitrogens is 2. The number of benzene rings is 1. The molecule has 0 aliphatic carbocycles. The van der Waals surface area contributed by atoms with Crippen LogP contribution in [0.4, 0.5) is 0 Å². The highest BCUT2D eigenvalue weighted by molar-refractivity contribution is 5.92. The number of carbonyl (C=O) groups excluding carboxylic acids is 1. The number of aromatic nitrogens is 2. The number of carbonyl (C=O) groups is 1. The molecule has 4 aliphatic rings. The van der Waals surface area contributed by atoms with Crippen molar-refractivity contribution >= 4 is 5.91 Å².